The average molecular weight is 303 g/mol. The Hall–Kier alpha value is -0.280. The Morgan fingerprint density at radius 2 is 1.90 bits per heavy atom. The topological polar surface area (TPSA) is 55.1 Å². The summed E-state index contributed by atoms with van der Waals surface area (Å²) in [5.74, 6) is 2.18. The molecular weight excluding hydrogens is 272 g/mol. The van der Waals surface area contributed by atoms with Gasteiger partial charge >= 0.3 is 0 Å². The number of carbonyl (C=O) groups is 1. The monoisotopic (exact) mass is 302 g/mol. The fourth-order valence-corrected chi connectivity index (χ4v) is 3.81. The van der Waals surface area contributed by atoms with Crippen molar-refractivity contribution in [2.45, 2.75) is 77.3 Å². The number of nitrogens with two attached hydrogens (primary N) is 1. The van der Waals surface area contributed by atoms with Crippen molar-refractivity contribution < 1.29 is 4.79 Å². The highest BCUT2D eigenvalue weighted by Gasteiger charge is 2.28. The molecule has 0 aromatic heterocycles. The van der Waals surface area contributed by atoms with E-state index in [2.05, 4.69) is 19.2 Å². The number of nitrogens with one attached hydrogen (secondary N) is 1. The average Bonchev–Trinajstić information content (AvgIpc) is 2.75. The summed E-state index contributed by atoms with van der Waals surface area (Å²) in [5, 5.41) is 3.26. The van der Waals surface area contributed by atoms with Gasteiger partial charge < -0.3 is 11.1 Å². The van der Waals surface area contributed by atoms with Gasteiger partial charge in [0.15, 0.2) is 0 Å². The van der Waals surface area contributed by atoms with Crippen molar-refractivity contribution in [3.8, 4) is 0 Å². The lowest BCUT2D eigenvalue weighted by molar-refractivity contribution is -0.123. The molecule has 1 amide bonds. The van der Waals surface area contributed by atoms with Crippen LogP contribution in [0.15, 0.2) is 0 Å². The first-order valence-electron chi connectivity index (χ1n) is 8.11. The van der Waals surface area contributed by atoms with Gasteiger partial charge in [-0.3, -0.25) is 4.79 Å². The molecule has 3 nitrogen and oxygen atoms in total. The maximum atomic E-state index is 12.1. The number of halogens is 1. The maximum absolute atomic E-state index is 12.1. The molecule has 20 heavy (non-hydrogen) atoms. The normalized spacial score (nSPS) is 33.8. The van der Waals surface area contributed by atoms with Gasteiger partial charge in [0.1, 0.15) is 0 Å². The van der Waals surface area contributed by atoms with E-state index in [1.165, 1.54) is 25.7 Å². The second kappa shape index (κ2) is 8.23. The molecule has 0 radical (unpaired) electrons. The number of hydrogen-bond donors (Lipinski definition) is 2. The zero-order chi connectivity index (χ0) is 13.8. The van der Waals surface area contributed by atoms with Crippen molar-refractivity contribution >= 4 is 18.3 Å². The van der Waals surface area contributed by atoms with Crippen LogP contribution in [0.25, 0.3) is 0 Å². The molecule has 0 aliphatic heterocycles. The fourth-order valence-electron chi connectivity index (χ4n) is 3.81. The molecule has 118 valence electrons. The smallest absolute Gasteiger partial charge is 0.220 e. The molecule has 3 N–H and O–H groups in total. The lowest BCUT2D eigenvalue weighted by Gasteiger charge is -2.32. The molecule has 2 unspecified atom stereocenters. The highest BCUT2D eigenvalue weighted by Crippen LogP contribution is 2.30. The molecule has 0 spiro atoms. The first kappa shape index (κ1) is 17.8. The van der Waals surface area contributed by atoms with Crippen molar-refractivity contribution in [1.82, 2.24) is 5.32 Å². The molecule has 0 aromatic rings. The quantitative estimate of drug-likeness (QED) is 0.837. The van der Waals surface area contributed by atoms with Gasteiger partial charge in [0.05, 0.1) is 0 Å². The van der Waals surface area contributed by atoms with Crippen LogP contribution in [0.5, 0.6) is 0 Å². The van der Waals surface area contributed by atoms with E-state index in [1.54, 1.807) is 0 Å². The Labute approximate surface area is 129 Å². The number of amides is 1. The Kier molecular flexibility index (Phi) is 7.32. The van der Waals surface area contributed by atoms with Crippen molar-refractivity contribution in [2.24, 2.45) is 23.5 Å². The number of hydrogen-bond acceptors (Lipinski definition) is 2. The minimum Gasteiger partial charge on any atom is -0.353 e. The third kappa shape index (κ3) is 4.92. The Bertz CT molecular complexity index is 309. The summed E-state index contributed by atoms with van der Waals surface area (Å²) in [6, 6.07) is 0.659. The van der Waals surface area contributed by atoms with Gasteiger partial charge in [0, 0.05) is 18.5 Å². The van der Waals surface area contributed by atoms with Gasteiger partial charge in [-0.1, -0.05) is 33.1 Å². The summed E-state index contributed by atoms with van der Waals surface area (Å²) < 4.78 is 0. The van der Waals surface area contributed by atoms with Gasteiger partial charge in [-0.2, -0.15) is 0 Å². The predicted molar refractivity (Wildman–Crippen MR) is 85.9 cm³/mol. The minimum atomic E-state index is 0. The van der Waals surface area contributed by atoms with E-state index in [0.717, 1.165) is 31.1 Å². The molecule has 4 atom stereocenters. The minimum absolute atomic E-state index is 0. The van der Waals surface area contributed by atoms with Gasteiger partial charge in [0.25, 0.3) is 0 Å². The van der Waals surface area contributed by atoms with Crippen LogP contribution >= 0.6 is 12.4 Å². The van der Waals surface area contributed by atoms with Gasteiger partial charge in [-0.25, -0.2) is 0 Å². The van der Waals surface area contributed by atoms with E-state index < -0.39 is 0 Å². The molecule has 4 heteroatoms. The SMILES string of the molecule is CC(C)C1CCCC(NC(=O)C[C@@H]2CCC[C@H]2N)C1.Cl. The first-order chi connectivity index (χ1) is 9.06. The van der Waals surface area contributed by atoms with Crippen LogP contribution in [0.3, 0.4) is 0 Å². The molecule has 0 saturated heterocycles. The van der Waals surface area contributed by atoms with E-state index in [1.807, 2.05) is 0 Å². The molecule has 0 aromatic carbocycles. The summed E-state index contributed by atoms with van der Waals surface area (Å²) in [6.45, 7) is 4.60. The highest BCUT2D eigenvalue weighted by atomic mass is 35.5. The van der Waals surface area contributed by atoms with Gasteiger partial charge in [-0.05, 0) is 43.4 Å². The second-order valence-corrected chi connectivity index (χ2v) is 6.99. The Morgan fingerprint density at radius 3 is 2.50 bits per heavy atom. The van der Waals surface area contributed by atoms with Crippen LogP contribution in [-0.4, -0.2) is 18.0 Å². The number of carbonyl (C=O) groups excluding carboxylic acids is 1. The summed E-state index contributed by atoms with van der Waals surface area (Å²) in [7, 11) is 0. The largest absolute Gasteiger partial charge is 0.353 e. The van der Waals surface area contributed by atoms with E-state index >= 15 is 0 Å². The summed E-state index contributed by atoms with van der Waals surface area (Å²) in [6.07, 6.45) is 8.98. The van der Waals surface area contributed by atoms with E-state index in [0.29, 0.717) is 18.4 Å². The van der Waals surface area contributed by atoms with Gasteiger partial charge in [0.2, 0.25) is 5.91 Å². The highest BCUT2D eigenvalue weighted by molar-refractivity contribution is 5.85. The lowest BCUT2D eigenvalue weighted by Crippen LogP contribution is -2.41. The maximum Gasteiger partial charge on any atom is 0.220 e. The van der Waals surface area contributed by atoms with Crippen LogP contribution in [0.2, 0.25) is 0 Å². The zero-order valence-corrected chi connectivity index (χ0v) is 13.8. The molecule has 2 aliphatic rings. The van der Waals surface area contributed by atoms with Gasteiger partial charge in [-0.15, -0.1) is 12.4 Å². The molecule has 2 aliphatic carbocycles. The van der Waals surface area contributed by atoms with Crippen LogP contribution in [0.4, 0.5) is 0 Å². The summed E-state index contributed by atoms with van der Waals surface area (Å²) >= 11 is 0. The van der Waals surface area contributed by atoms with Crippen molar-refractivity contribution in [1.29, 1.82) is 0 Å². The van der Waals surface area contributed by atoms with Crippen molar-refractivity contribution in [3.63, 3.8) is 0 Å². The second-order valence-electron chi connectivity index (χ2n) is 6.99. The first-order valence-corrected chi connectivity index (χ1v) is 8.11. The predicted octanol–water partition coefficient (Wildman–Crippen LogP) is 3.26. The molecule has 0 heterocycles. The summed E-state index contributed by atoms with van der Waals surface area (Å²) in [5.41, 5.74) is 6.04. The molecular formula is C16H31ClN2O. The molecule has 2 fully saturated rings. The van der Waals surface area contributed by atoms with Crippen LogP contribution in [-0.2, 0) is 4.79 Å². The molecule has 2 rings (SSSR count). The van der Waals surface area contributed by atoms with E-state index in [9.17, 15) is 4.79 Å². The van der Waals surface area contributed by atoms with E-state index in [-0.39, 0.29) is 24.4 Å². The lowest BCUT2D eigenvalue weighted by atomic mass is 9.79. The summed E-state index contributed by atoms with van der Waals surface area (Å²) in [4.78, 5) is 12.1. The fraction of sp³-hybridized carbons (Fsp3) is 0.938. The third-order valence-corrected chi connectivity index (χ3v) is 5.19. The zero-order valence-electron chi connectivity index (χ0n) is 12.9. The van der Waals surface area contributed by atoms with Crippen molar-refractivity contribution in [3.05, 3.63) is 0 Å². The van der Waals surface area contributed by atoms with E-state index in [4.69, 9.17) is 5.73 Å². The van der Waals surface area contributed by atoms with Crippen molar-refractivity contribution in [2.75, 3.05) is 0 Å². The Morgan fingerprint density at radius 1 is 1.20 bits per heavy atom. The molecule has 0 bridgehead atoms. The Balaban J connectivity index is 0.00000200. The standard InChI is InChI=1S/C16H30N2O.ClH/c1-11(2)12-5-3-7-14(9-12)18-16(19)10-13-6-4-8-15(13)17;/h11-15H,3-10,17H2,1-2H3,(H,18,19);1H/t12?,13-,14?,15+;/m0./s1. The van der Waals surface area contributed by atoms with Crippen LogP contribution in [0, 0.1) is 17.8 Å². The third-order valence-electron chi connectivity index (χ3n) is 5.19. The van der Waals surface area contributed by atoms with Crippen LogP contribution in [0.1, 0.15) is 65.2 Å². The number of rotatable bonds is 4. The molecule has 2 saturated carbocycles. The van der Waals surface area contributed by atoms with Crippen LogP contribution < -0.4 is 11.1 Å².